The second-order valence-electron chi connectivity index (χ2n) is 5.95. The minimum atomic E-state index is -0.0536. The predicted octanol–water partition coefficient (Wildman–Crippen LogP) is 2.21. The highest BCUT2D eigenvalue weighted by Gasteiger charge is 2.34. The van der Waals surface area contributed by atoms with Gasteiger partial charge in [0.05, 0.1) is 6.61 Å². The molecule has 17 heavy (non-hydrogen) atoms. The molecule has 2 rings (SSSR count). The molecule has 1 unspecified atom stereocenters. The standard InChI is InChI=1S/C14H27NO2/c1-12-3-5-13(6-4-12)9-15-10-14(16-2)7-8-17-11-14/h12-13,15H,3-11H2,1-2H3. The zero-order valence-electron chi connectivity index (χ0n) is 11.3. The topological polar surface area (TPSA) is 30.5 Å². The molecule has 0 bridgehead atoms. The van der Waals surface area contributed by atoms with Gasteiger partial charge in [0.2, 0.25) is 0 Å². The van der Waals surface area contributed by atoms with Crippen molar-refractivity contribution >= 4 is 0 Å². The van der Waals surface area contributed by atoms with Crippen molar-refractivity contribution in [2.45, 2.75) is 44.6 Å². The van der Waals surface area contributed by atoms with Gasteiger partial charge in [-0.2, -0.15) is 0 Å². The molecule has 0 aromatic heterocycles. The molecule has 1 saturated carbocycles. The molecule has 0 radical (unpaired) electrons. The summed E-state index contributed by atoms with van der Waals surface area (Å²) in [4.78, 5) is 0. The van der Waals surface area contributed by atoms with Gasteiger partial charge in [-0.3, -0.25) is 0 Å². The number of nitrogens with one attached hydrogen (secondary N) is 1. The van der Waals surface area contributed by atoms with Gasteiger partial charge in [-0.15, -0.1) is 0 Å². The second kappa shape index (κ2) is 6.17. The van der Waals surface area contributed by atoms with E-state index in [1.165, 1.54) is 25.7 Å². The van der Waals surface area contributed by atoms with E-state index >= 15 is 0 Å². The molecule has 2 fully saturated rings. The van der Waals surface area contributed by atoms with Crippen LogP contribution in [0.2, 0.25) is 0 Å². The van der Waals surface area contributed by atoms with Crippen LogP contribution in [-0.4, -0.2) is 39.0 Å². The molecule has 0 spiro atoms. The van der Waals surface area contributed by atoms with Gasteiger partial charge in [0.1, 0.15) is 5.60 Å². The number of ether oxygens (including phenoxy) is 2. The fourth-order valence-corrected chi connectivity index (χ4v) is 3.00. The highest BCUT2D eigenvalue weighted by atomic mass is 16.5. The molecule has 100 valence electrons. The molecule has 1 N–H and O–H groups in total. The number of hydrogen-bond acceptors (Lipinski definition) is 3. The summed E-state index contributed by atoms with van der Waals surface area (Å²) in [5, 5.41) is 3.60. The summed E-state index contributed by atoms with van der Waals surface area (Å²) in [5.41, 5.74) is -0.0536. The van der Waals surface area contributed by atoms with Crippen LogP contribution in [0.3, 0.4) is 0 Å². The molecule has 1 heterocycles. The van der Waals surface area contributed by atoms with Crippen LogP contribution >= 0.6 is 0 Å². The summed E-state index contributed by atoms with van der Waals surface area (Å²) in [6, 6.07) is 0. The van der Waals surface area contributed by atoms with Crippen LogP contribution in [0, 0.1) is 11.8 Å². The molecule has 1 aliphatic heterocycles. The van der Waals surface area contributed by atoms with Gasteiger partial charge in [-0.25, -0.2) is 0 Å². The van der Waals surface area contributed by atoms with Gasteiger partial charge in [-0.05, 0) is 31.2 Å². The maximum Gasteiger partial charge on any atom is 0.106 e. The number of methoxy groups -OCH3 is 1. The van der Waals surface area contributed by atoms with Gasteiger partial charge < -0.3 is 14.8 Å². The third-order valence-electron chi connectivity index (χ3n) is 4.52. The van der Waals surface area contributed by atoms with Crippen LogP contribution in [0.25, 0.3) is 0 Å². The SMILES string of the molecule is COC1(CNCC2CCC(C)CC2)CCOC1. The largest absolute Gasteiger partial charge is 0.378 e. The quantitative estimate of drug-likeness (QED) is 0.800. The average molecular weight is 241 g/mol. The molecule has 1 saturated heterocycles. The van der Waals surface area contributed by atoms with Gasteiger partial charge in [0.25, 0.3) is 0 Å². The molecule has 1 atom stereocenters. The van der Waals surface area contributed by atoms with E-state index < -0.39 is 0 Å². The van der Waals surface area contributed by atoms with Crippen LogP contribution in [0.4, 0.5) is 0 Å². The first-order valence-corrected chi connectivity index (χ1v) is 7.08. The van der Waals surface area contributed by atoms with Crippen molar-refractivity contribution in [3.05, 3.63) is 0 Å². The van der Waals surface area contributed by atoms with E-state index in [9.17, 15) is 0 Å². The van der Waals surface area contributed by atoms with Crippen molar-refractivity contribution < 1.29 is 9.47 Å². The number of rotatable bonds is 5. The van der Waals surface area contributed by atoms with E-state index in [2.05, 4.69) is 12.2 Å². The van der Waals surface area contributed by atoms with Crippen LogP contribution in [0.1, 0.15) is 39.0 Å². The summed E-state index contributed by atoms with van der Waals surface area (Å²) in [6.07, 6.45) is 6.63. The Labute approximate surface area is 105 Å². The maximum absolute atomic E-state index is 5.62. The second-order valence-corrected chi connectivity index (χ2v) is 5.95. The fraction of sp³-hybridized carbons (Fsp3) is 1.00. The zero-order chi connectivity index (χ0) is 12.1. The van der Waals surface area contributed by atoms with Crippen molar-refractivity contribution in [2.24, 2.45) is 11.8 Å². The minimum Gasteiger partial charge on any atom is -0.378 e. The average Bonchev–Trinajstić information content (AvgIpc) is 2.81. The third kappa shape index (κ3) is 3.67. The molecule has 3 nitrogen and oxygen atoms in total. The Morgan fingerprint density at radius 2 is 2.06 bits per heavy atom. The van der Waals surface area contributed by atoms with Crippen molar-refractivity contribution in [3.63, 3.8) is 0 Å². The van der Waals surface area contributed by atoms with Gasteiger partial charge in [0.15, 0.2) is 0 Å². The smallest absolute Gasteiger partial charge is 0.106 e. The molecule has 0 amide bonds. The first-order chi connectivity index (χ1) is 8.24. The summed E-state index contributed by atoms with van der Waals surface area (Å²) in [6.45, 7) is 6.06. The van der Waals surface area contributed by atoms with E-state index in [0.29, 0.717) is 0 Å². The lowest BCUT2D eigenvalue weighted by Gasteiger charge is -2.29. The third-order valence-corrected chi connectivity index (χ3v) is 4.52. The highest BCUT2D eigenvalue weighted by Crippen LogP contribution is 2.28. The van der Waals surface area contributed by atoms with E-state index in [4.69, 9.17) is 9.47 Å². The summed E-state index contributed by atoms with van der Waals surface area (Å²) in [5.74, 6) is 1.82. The Bertz CT molecular complexity index is 218. The van der Waals surface area contributed by atoms with E-state index in [0.717, 1.165) is 44.6 Å². The van der Waals surface area contributed by atoms with Gasteiger partial charge >= 0.3 is 0 Å². The zero-order valence-corrected chi connectivity index (χ0v) is 11.3. The Morgan fingerprint density at radius 1 is 1.29 bits per heavy atom. The normalized spacial score (nSPS) is 38.5. The molecule has 2 aliphatic rings. The Morgan fingerprint density at radius 3 is 2.65 bits per heavy atom. The van der Waals surface area contributed by atoms with Gasteiger partial charge in [-0.1, -0.05) is 19.8 Å². The minimum absolute atomic E-state index is 0.0536. The van der Waals surface area contributed by atoms with Crippen molar-refractivity contribution in [1.29, 1.82) is 0 Å². The van der Waals surface area contributed by atoms with Gasteiger partial charge in [0, 0.05) is 26.7 Å². The highest BCUT2D eigenvalue weighted by molar-refractivity contribution is 4.87. The summed E-state index contributed by atoms with van der Waals surface area (Å²) >= 11 is 0. The molecular formula is C14H27NO2. The van der Waals surface area contributed by atoms with Crippen LogP contribution in [0.5, 0.6) is 0 Å². The number of hydrogen-bond donors (Lipinski definition) is 1. The fourth-order valence-electron chi connectivity index (χ4n) is 3.00. The lowest BCUT2D eigenvalue weighted by atomic mass is 9.83. The molecule has 0 aromatic carbocycles. The molecular weight excluding hydrogens is 214 g/mol. The van der Waals surface area contributed by atoms with Crippen LogP contribution in [-0.2, 0) is 9.47 Å². The Hall–Kier alpha value is -0.120. The monoisotopic (exact) mass is 241 g/mol. The van der Waals surface area contributed by atoms with Crippen LogP contribution in [0.15, 0.2) is 0 Å². The first kappa shape index (κ1) is 13.3. The Kier molecular flexibility index (Phi) is 4.83. The lowest BCUT2D eigenvalue weighted by Crippen LogP contribution is -2.44. The summed E-state index contributed by atoms with van der Waals surface area (Å²) in [7, 11) is 1.80. The lowest BCUT2D eigenvalue weighted by molar-refractivity contribution is -0.0164. The first-order valence-electron chi connectivity index (χ1n) is 7.08. The van der Waals surface area contributed by atoms with Crippen molar-refractivity contribution in [3.8, 4) is 0 Å². The van der Waals surface area contributed by atoms with Crippen molar-refractivity contribution in [1.82, 2.24) is 5.32 Å². The molecule has 0 aromatic rings. The van der Waals surface area contributed by atoms with Crippen molar-refractivity contribution in [2.75, 3.05) is 33.4 Å². The van der Waals surface area contributed by atoms with E-state index in [1.807, 2.05) is 0 Å². The molecule has 3 heteroatoms. The molecule has 1 aliphatic carbocycles. The Balaban J connectivity index is 1.65. The van der Waals surface area contributed by atoms with E-state index in [-0.39, 0.29) is 5.60 Å². The maximum atomic E-state index is 5.62. The van der Waals surface area contributed by atoms with E-state index in [1.54, 1.807) is 7.11 Å². The summed E-state index contributed by atoms with van der Waals surface area (Å²) < 4.78 is 11.1. The van der Waals surface area contributed by atoms with Crippen LogP contribution < -0.4 is 5.32 Å². The predicted molar refractivity (Wildman–Crippen MR) is 69.2 cm³/mol.